The van der Waals surface area contributed by atoms with E-state index in [4.69, 9.17) is 9.47 Å². The molecule has 210 valence electrons. The van der Waals surface area contributed by atoms with E-state index in [9.17, 15) is 9.18 Å². The summed E-state index contributed by atoms with van der Waals surface area (Å²) in [7, 11) is 0. The first-order valence-corrected chi connectivity index (χ1v) is 15.7. The molecule has 2 saturated carbocycles. The van der Waals surface area contributed by atoms with Crippen LogP contribution in [0.5, 0.6) is 11.5 Å². The van der Waals surface area contributed by atoms with Crippen molar-refractivity contribution in [2.45, 2.75) is 136 Å². The first-order chi connectivity index (χ1) is 18.1. The average molecular weight is 517 g/mol. The van der Waals surface area contributed by atoms with Gasteiger partial charge in [-0.1, -0.05) is 97.3 Å². The zero-order valence-electron chi connectivity index (χ0n) is 23.8. The van der Waals surface area contributed by atoms with Gasteiger partial charge >= 0.3 is 5.97 Å². The molecule has 0 aliphatic heterocycles. The van der Waals surface area contributed by atoms with Gasteiger partial charge in [0.05, 0.1) is 6.61 Å². The molecule has 3 rings (SSSR count). The van der Waals surface area contributed by atoms with Crippen molar-refractivity contribution in [2.75, 3.05) is 6.61 Å². The van der Waals surface area contributed by atoms with Gasteiger partial charge in [0.2, 0.25) is 0 Å². The maximum Gasteiger partial charge on any atom is 0.311 e. The number of ether oxygens (including phenoxy) is 2. The zero-order valence-corrected chi connectivity index (χ0v) is 23.8. The molecule has 0 heterocycles. The van der Waals surface area contributed by atoms with Gasteiger partial charge in [0.1, 0.15) is 5.75 Å². The third kappa shape index (κ3) is 11.0. The molecule has 1 aromatic carbocycles. The van der Waals surface area contributed by atoms with E-state index in [1.807, 2.05) is 0 Å². The molecular weight excluding hydrogens is 463 g/mol. The van der Waals surface area contributed by atoms with Crippen molar-refractivity contribution in [3.8, 4) is 11.5 Å². The Kier molecular flexibility index (Phi) is 13.8. The third-order valence-electron chi connectivity index (χ3n) is 8.99. The molecule has 1 aromatic rings. The Balaban J connectivity index is 1.33. The van der Waals surface area contributed by atoms with Crippen LogP contribution in [0.1, 0.15) is 136 Å². The first kappa shape index (κ1) is 30.0. The van der Waals surface area contributed by atoms with Crippen molar-refractivity contribution in [3.63, 3.8) is 0 Å². The second kappa shape index (κ2) is 17.1. The monoisotopic (exact) mass is 516 g/mol. The van der Waals surface area contributed by atoms with Gasteiger partial charge in [0.15, 0.2) is 11.6 Å². The fraction of sp³-hybridized carbons (Fsp3) is 0.788. The highest BCUT2D eigenvalue weighted by Crippen LogP contribution is 2.43. The van der Waals surface area contributed by atoms with Crippen LogP contribution in [-0.2, 0) is 4.79 Å². The fourth-order valence-corrected chi connectivity index (χ4v) is 6.71. The number of unbranched alkanes of at least 4 members (excludes halogenated alkanes) is 6. The van der Waals surface area contributed by atoms with E-state index in [-0.39, 0.29) is 17.5 Å². The van der Waals surface area contributed by atoms with E-state index in [1.54, 1.807) is 12.1 Å². The predicted molar refractivity (Wildman–Crippen MR) is 151 cm³/mol. The van der Waals surface area contributed by atoms with Crippen LogP contribution in [0.2, 0.25) is 0 Å². The smallest absolute Gasteiger partial charge is 0.311 e. The minimum atomic E-state index is -0.464. The summed E-state index contributed by atoms with van der Waals surface area (Å²) in [6.45, 7) is 5.00. The molecule has 0 saturated heterocycles. The highest BCUT2D eigenvalue weighted by Gasteiger charge is 2.31. The molecule has 4 heteroatoms. The second-order valence-electron chi connectivity index (χ2n) is 11.9. The Hall–Kier alpha value is -1.58. The van der Waals surface area contributed by atoms with Gasteiger partial charge in [-0.2, -0.15) is 0 Å². The quantitative estimate of drug-likeness (QED) is 0.125. The van der Waals surface area contributed by atoms with Crippen molar-refractivity contribution >= 4 is 5.97 Å². The number of esters is 1. The number of benzene rings is 1. The van der Waals surface area contributed by atoms with E-state index in [1.165, 1.54) is 102 Å². The Morgan fingerprint density at radius 1 is 0.838 bits per heavy atom. The molecule has 0 spiro atoms. The molecule has 1 unspecified atom stereocenters. The molecule has 2 aliphatic rings. The van der Waals surface area contributed by atoms with Crippen molar-refractivity contribution in [1.29, 1.82) is 0 Å². The first-order valence-electron chi connectivity index (χ1n) is 15.7. The minimum absolute atomic E-state index is 0.235. The summed E-state index contributed by atoms with van der Waals surface area (Å²) in [5.41, 5.74) is 0. The summed E-state index contributed by atoms with van der Waals surface area (Å²) < 4.78 is 25.5. The Bertz CT molecular complexity index is 771. The summed E-state index contributed by atoms with van der Waals surface area (Å²) in [6, 6.07) is 4.50. The van der Waals surface area contributed by atoms with Crippen LogP contribution in [0, 0.1) is 29.5 Å². The largest absolute Gasteiger partial charge is 0.491 e. The van der Waals surface area contributed by atoms with Crippen LogP contribution in [0.4, 0.5) is 4.39 Å². The van der Waals surface area contributed by atoms with Crippen LogP contribution >= 0.6 is 0 Å². The van der Waals surface area contributed by atoms with Crippen LogP contribution in [-0.4, -0.2) is 12.6 Å². The fourth-order valence-electron chi connectivity index (χ4n) is 6.71. The van der Waals surface area contributed by atoms with Gasteiger partial charge < -0.3 is 9.47 Å². The topological polar surface area (TPSA) is 35.5 Å². The van der Waals surface area contributed by atoms with Crippen molar-refractivity contribution in [3.05, 3.63) is 24.0 Å². The van der Waals surface area contributed by atoms with Crippen molar-refractivity contribution in [2.24, 2.45) is 23.7 Å². The number of carbonyl (C=O) groups is 1. The van der Waals surface area contributed by atoms with Crippen LogP contribution in [0.15, 0.2) is 18.2 Å². The SMILES string of the molecule is CCCCCCCOc1ccc(OC(=O)CCC2CCC[C@H]([C@H]3CC[C@H](CCCCC)CC3)C2)cc1F. The number of carbonyl (C=O) groups excluding carboxylic acids is 1. The van der Waals surface area contributed by atoms with Crippen molar-refractivity contribution in [1.82, 2.24) is 0 Å². The van der Waals surface area contributed by atoms with Gasteiger partial charge in [-0.05, 0) is 67.9 Å². The molecule has 0 aromatic heterocycles. The molecular formula is C33H53FO3. The van der Waals surface area contributed by atoms with E-state index in [2.05, 4.69) is 13.8 Å². The molecule has 2 fully saturated rings. The summed E-state index contributed by atoms with van der Waals surface area (Å²) in [6.07, 6.45) is 23.4. The van der Waals surface area contributed by atoms with E-state index < -0.39 is 5.82 Å². The van der Waals surface area contributed by atoms with Crippen LogP contribution in [0.3, 0.4) is 0 Å². The van der Waals surface area contributed by atoms with Crippen LogP contribution < -0.4 is 9.47 Å². The summed E-state index contributed by atoms with van der Waals surface area (Å²) in [5.74, 6) is 3.13. The molecule has 2 atom stereocenters. The van der Waals surface area contributed by atoms with Crippen molar-refractivity contribution < 1.29 is 18.7 Å². The molecule has 0 N–H and O–H groups in total. The highest BCUT2D eigenvalue weighted by molar-refractivity contribution is 5.72. The third-order valence-corrected chi connectivity index (χ3v) is 8.99. The normalized spacial score (nSPS) is 24.1. The Morgan fingerprint density at radius 3 is 2.35 bits per heavy atom. The summed E-state index contributed by atoms with van der Waals surface area (Å²) >= 11 is 0. The van der Waals surface area contributed by atoms with Crippen LogP contribution in [0.25, 0.3) is 0 Å². The Labute approximate surface area is 226 Å². The molecule has 0 amide bonds. The van der Waals surface area contributed by atoms with Gasteiger partial charge in [-0.15, -0.1) is 0 Å². The van der Waals surface area contributed by atoms with E-state index >= 15 is 0 Å². The number of hydrogen-bond acceptors (Lipinski definition) is 3. The lowest BCUT2D eigenvalue weighted by Gasteiger charge is -2.38. The number of hydrogen-bond donors (Lipinski definition) is 0. The minimum Gasteiger partial charge on any atom is -0.491 e. The lowest BCUT2D eigenvalue weighted by atomic mass is 9.67. The highest BCUT2D eigenvalue weighted by atomic mass is 19.1. The number of halogens is 1. The standard InChI is InChI=1S/C33H53FO3/c1-3-5-7-8-10-23-36-32-21-20-30(25-31(32)34)37-33(35)22-17-27-13-11-14-29(24-27)28-18-15-26(16-19-28)12-9-6-4-2/h20-21,25-29H,3-19,22-24H2,1-2H3/t26-,27?,28-,29-/m0/s1. The lowest BCUT2D eigenvalue weighted by molar-refractivity contribution is -0.134. The molecule has 0 bridgehead atoms. The van der Waals surface area contributed by atoms with Gasteiger partial charge in [-0.3, -0.25) is 4.79 Å². The zero-order chi connectivity index (χ0) is 26.3. The molecule has 2 aliphatic carbocycles. The lowest BCUT2D eigenvalue weighted by Crippen LogP contribution is -2.27. The molecule has 3 nitrogen and oxygen atoms in total. The predicted octanol–water partition coefficient (Wildman–Crippen LogP) is 10.1. The van der Waals surface area contributed by atoms with E-state index in [0.717, 1.165) is 37.0 Å². The van der Waals surface area contributed by atoms with Gasteiger partial charge in [-0.25, -0.2) is 4.39 Å². The molecule has 0 radical (unpaired) electrons. The van der Waals surface area contributed by atoms with Gasteiger partial charge in [0.25, 0.3) is 0 Å². The second-order valence-corrected chi connectivity index (χ2v) is 11.9. The van der Waals surface area contributed by atoms with Gasteiger partial charge in [0, 0.05) is 12.5 Å². The van der Waals surface area contributed by atoms with E-state index in [0.29, 0.717) is 18.9 Å². The Morgan fingerprint density at radius 2 is 1.59 bits per heavy atom. The average Bonchev–Trinajstić information content (AvgIpc) is 2.91. The number of rotatable bonds is 16. The molecule has 37 heavy (non-hydrogen) atoms. The summed E-state index contributed by atoms with van der Waals surface area (Å²) in [5, 5.41) is 0. The summed E-state index contributed by atoms with van der Waals surface area (Å²) in [4.78, 5) is 12.5. The maximum absolute atomic E-state index is 14.4. The maximum atomic E-state index is 14.4.